The van der Waals surface area contributed by atoms with Crippen molar-refractivity contribution >= 4 is 0 Å². The molecule has 4 saturated heterocycles. The Balaban J connectivity index is 1.49. The molecule has 0 aromatic rings. The summed E-state index contributed by atoms with van der Waals surface area (Å²) < 4.78 is 38.3. The van der Waals surface area contributed by atoms with Gasteiger partial charge >= 0.3 is 0 Å². The number of hydrogen-bond donors (Lipinski definition) is 10. The van der Waals surface area contributed by atoms with E-state index in [-0.39, 0.29) is 0 Å². The number of rotatable bonds is 10. The van der Waals surface area contributed by atoms with Gasteiger partial charge in [0.2, 0.25) is 0 Å². The number of aliphatic hydroxyl groups is 10. The van der Waals surface area contributed by atoms with Crippen LogP contribution in [0.25, 0.3) is 0 Å². The molecule has 0 spiro atoms. The molecule has 4 aliphatic rings. The van der Waals surface area contributed by atoms with Crippen LogP contribution in [-0.2, 0) is 33.2 Å². The quantitative estimate of drug-likeness (QED) is 0.122. The highest BCUT2D eigenvalue weighted by Crippen LogP contribution is 2.35. The van der Waals surface area contributed by atoms with Crippen LogP contribution < -0.4 is 0 Å². The molecule has 0 radical (unpaired) electrons. The third-order valence-corrected chi connectivity index (χ3v) is 6.81. The Hall–Kier alpha value is -0.680. The van der Waals surface area contributed by atoms with Crippen LogP contribution in [0.5, 0.6) is 0 Å². The zero-order valence-corrected chi connectivity index (χ0v) is 19.4. The molecule has 4 fully saturated rings. The summed E-state index contributed by atoms with van der Waals surface area (Å²) in [4.78, 5) is 0. The lowest BCUT2D eigenvalue weighted by molar-refractivity contribution is -0.282. The van der Waals surface area contributed by atoms with Crippen molar-refractivity contribution in [3.8, 4) is 0 Å². The van der Waals surface area contributed by atoms with Crippen LogP contribution in [0.15, 0.2) is 0 Å². The SMILES string of the molecule is OC[C@@H]1O[C@@H](O[C@@H]2[C@@H](O[C@H]3O[C@@H](CO)[C@H](O)[C@H]3O[C@H]3O[C@@H](CO)[C@H](O)[C@H]3O)[C@H](O)O[C@H]2CO)[C@H](O)[C@H]1O. The van der Waals surface area contributed by atoms with Crippen molar-refractivity contribution < 1.29 is 84.2 Å². The van der Waals surface area contributed by atoms with E-state index in [1.54, 1.807) is 0 Å². The summed E-state index contributed by atoms with van der Waals surface area (Å²) in [6.07, 6.45) is -23.1. The smallest absolute Gasteiger partial charge is 0.187 e. The first kappa shape index (κ1) is 29.3. The standard InChI is InChI=1S/C20H34O17/c21-1-5-9(25)12(28)18(32-5)35-14-8(4-24)31-17(30)16(14)37-20-15(11(27)7(3-23)34-20)36-19-13(29)10(26)6(2-22)33-19/h5-30H,1-4H2/t5-,6-,7-,8-,9-,10-,11-,12+,13+,14-,15+,16+,17+,18-,19+,20+/m0/s1. The van der Waals surface area contributed by atoms with Crippen molar-refractivity contribution in [3.05, 3.63) is 0 Å². The molecule has 0 amide bonds. The molecule has 216 valence electrons. The minimum atomic E-state index is -1.73. The third-order valence-electron chi connectivity index (χ3n) is 6.81. The van der Waals surface area contributed by atoms with Gasteiger partial charge in [0, 0.05) is 0 Å². The molecule has 17 nitrogen and oxygen atoms in total. The Kier molecular flexibility index (Phi) is 9.69. The number of aliphatic hydroxyl groups excluding tert-OH is 10. The molecule has 37 heavy (non-hydrogen) atoms. The predicted octanol–water partition coefficient (Wildman–Crippen LogP) is -7.19. The van der Waals surface area contributed by atoms with Gasteiger partial charge in [-0.15, -0.1) is 0 Å². The Bertz CT molecular complexity index is 731. The largest absolute Gasteiger partial charge is 0.394 e. The Morgan fingerprint density at radius 1 is 0.405 bits per heavy atom. The first-order valence-corrected chi connectivity index (χ1v) is 11.7. The van der Waals surface area contributed by atoms with Gasteiger partial charge in [0.15, 0.2) is 25.2 Å². The minimum Gasteiger partial charge on any atom is -0.394 e. The first-order valence-electron chi connectivity index (χ1n) is 11.7. The van der Waals surface area contributed by atoms with Crippen molar-refractivity contribution in [2.24, 2.45) is 0 Å². The van der Waals surface area contributed by atoms with Gasteiger partial charge in [0.05, 0.1) is 26.4 Å². The zero-order chi connectivity index (χ0) is 27.0. The summed E-state index contributed by atoms with van der Waals surface area (Å²) >= 11 is 0. The maximum atomic E-state index is 10.6. The van der Waals surface area contributed by atoms with E-state index in [1.807, 2.05) is 0 Å². The van der Waals surface area contributed by atoms with Crippen LogP contribution in [-0.4, -0.2) is 176 Å². The zero-order valence-electron chi connectivity index (χ0n) is 19.4. The molecule has 4 heterocycles. The maximum absolute atomic E-state index is 10.6. The van der Waals surface area contributed by atoms with Crippen molar-refractivity contribution in [1.82, 2.24) is 0 Å². The van der Waals surface area contributed by atoms with E-state index < -0.39 is 125 Å². The van der Waals surface area contributed by atoms with Gasteiger partial charge in [-0.3, -0.25) is 0 Å². The second kappa shape index (κ2) is 12.2. The molecule has 0 aliphatic carbocycles. The summed E-state index contributed by atoms with van der Waals surface area (Å²) in [6, 6.07) is 0. The lowest BCUT2D eigenvalue weighted by Gasteiger charge is -2.31. The van der Waals surface area contributed by atoms with E-state index in [2.05, 4.69) is 0 Å². The first-order chi connectivity index (χ1) is 17.6. The van der Waals surface area contributed by atoms with Gasteiger partial charge in [-0.05, 0) is 0 Å². The summed E-state index contributed by atoms with van der Waals surface area (Å²) in [6.45, 7) is -2.61. The van der Waals surface area contributed by atoms with E-state index in [9.17, 15) is 51.1 Å². The summed E-state index contributed by atoms with van der Waals surface area (Å²) in [7, 11) is 0. The molecule has 0 bridgehead atoms. The van der Waals surface area contributed by atoms with E-state index in [0.29, 0.717) is 0 Å². The molecule has 4 aliphatic heterocycles. The van der Waals surface area contributed by atoms with Crippen LogP contribution in [0.4, 0.5) is 0 Å². The third kappa shape index (κ3) is 5.65. The molecule has 0 unspecified atom stereocenters. The van der Waals surface area contributed by atoms with Crippen LogP contribution in [0.3, 0.4) is 0 Å². The summed E-state index contributed by atoms with van der Waals surface area (Å²) in [5.74, 6) is 0. The normalized spacial score (nSPS) is 52.4. The van der Waals surface area contributed by atoms with Gasteiger partial charge in [0.25, 0.3) is 0 Å². The van der Waals surface area contributed by atoms with Gasteiger partial charge < -0.3 is 84.2 Å². The number of hydrogen-bond acceptors (Lipinski definition) is 17. The molecule has 4 rings (SSSR count). The number of ether oxygens (including phenoxy) is 7. The fourth-order valence-corrected chi connectivity index (χ4v) is 4.69. The van der Waals surface area contributed by atoms with Crippen molar-refractivity contribution in [2.75, 3.05) is 26.4 Å². The minimum absolute atomic E-state index is 0.623. The average molecular weight is 546 g/mol. The second-order valence-electron chi connectivity index (χ2n) is 9.18. The molecular formula is C20H34O17. The van der Waals surface area contributed by atoms with Crippen molar-refractivity contribution in [2.45, 2.75) is 98.4 Å². The summed E-state index contributed by atoms with van der Waals surface area (Å²) in [5.41, 5.74) is 0. The Morgan fingerprint density at radius 2 is 0.811 bits per heavy atom. The summed E-state index contributed by atoms with van der Waals surface area (Å²) in [5, 5.41) is 99.2. The molecule has 17 heteroatoms. The van der Waals surface area contributed by atoms with Crippen LogP contribution in [0.2, 0.25) is 0 Å². The predicted molar refractivity (Wildman–Crippen MR) is 110 cm³/mol. The van der Waals surface area contributed by atoms with Crippen LogP contribution >= 0.6 is 0 Å². The topological polar surface area (TPSA) is 267 Å². The van der Waals surface area contributed by atoms with Crippen LogP contribution in [0, 0.1) is 0 Å². The second-order valence-corrected chi connectivity index (χ2v) is 9.18. The molecule has 0 aromatic carbocycles. The fraction of sp³-hybridized carbons (Fsp3) is 1.00. The maximum Gasteiger partial charge on any atom is 0.187 e. The van der Waals surface area contributed by atoms with E-state index >= 15 is 0 Å². The van der Waals surface area contributed by atoms with E-state index in [0.717, 1.165) is 0 Å². The molecular weight excluding hydrogens is 512 g/mol. The Morgan fingerprint density at radius 3 is 1.27 bits per heavy atom. The average Bonchev–Trinajstić information content (AvgIpc) is 3.55. The van der Waals surface area contributed by atoms with Crippen molar-refractivity contribution in [1.29, 1.82) is 0 Å². The van der Waals surface area contributed by atoms with Crippen molar-refractivity contribution in [3.63, 3.8) is 0 Å². The van der Waals surface area contributed by atoms with Gasteiger partial charge in [-0.25, -0.2) is 0 Å². The highest BCUT2D eigenvalue weighted by Gasteiger charge is 2.56. The lowest BCUT2D eigenvalue weighted by atomic mass is 10.1. The lowest BCUT2D eigenvalue weighted by Crippen LogP contribution is -2.48. The van der Waals surface area contributed by atoms with E-state index in [4.69, 9.17) is 33.2 Å². The van der Waals surface area contributed by atoms with Crippen LogP contribution in [0.1, 0.15) is 0 Å². The highest BCUT2D eigenvalue weighted by atomic mass is 16.8. The Labute approximate surface area is 209 Å². The van der Waals surface area contributed by atoms with Gasteiger partial charge in [0.1, 0.15) is 73.2 Å². The molecule has 0 aromatic heterocycles. The van der Waals surface area contributed by atoms with Gasteiger partial charge in [-0.2, -0.15) is 0 Å². The molecule has 16 atom stereocenters. The fourth-order valence-electron chi connectivity index (χ4n) is 4.69. The molecule has 10 N–H and O–H groups in total. The monoisotopic (exact) mass is 546 g/mol. The van der Waals surface area contributed by atoms with E-state index in [1.165, 1.54) is 0 Å². The highest BCUT2D eigenvalue weighted by molar-refractivity contribution is 4.96. The van der Waals surface area contributed by atoms with Gasteiger partial charge in [-0.1, -0.05) is 0 Å². The molecule has 0 saturated carbocycles.